The van der Waals surface area contributed by atoms with Crippen molar-refractivity contribution in [1.82, 2.24) is 4.90 Å². The van der Waals surface area contributed by atoms with Gasteiger partial charge in [0, 0.05) is 19.4 Å². The van der Waals surface area contributed by atoms with E-state index >= 15 is 0 Å². The fourth-order valence-electron chi connectivity index (χ4n) is 10.4. The van der Waals surface area contributed by atoms with E-state index in [1.54, 1.807) is 0 Å². The molecule has 0 amide bonds. The average molecular weight is 588 g/mol. The lowest BCUT2D eigenvalue weighted by atomic mass is 9.46. The first-order valence-corrected chi connectivity index (χ1v) is 17.1. The van der Waals surface area contributed by atoms with Crippen LogP contribution < -0.4 is 0 Å². The molecule has 2 N–H and O–H groups in total. The Morgan fingerprint density at radius 2 is 1.76 bits per heavy atom. The smallest absolute Gasteiger partial charge is 0.306 e. The predicted molar refractivity (Wildman–Crippen MR) is 168 cm³/mol. The Morgan fingerprint density at radius 3 is 2.43 bits per heavy atom. The third-order valence-electron chi connectivity index (χ3n) is 12.5. The number of rotatable bonds is 13. The van der Waals surface area contributed by atoms with Crippen LogP contribution in [0, 0.1) is 46.3 Å². The van der Waals surface area contributed by atoms with Crippen LogP contribution in [0.3, 0.4) is 0 Å². The van der Waals surface area contributed by atoms with E-state index in [4.69, 9.17) is 9.84 Å². The van der Waals surface area contributed by atoms with Gasteiger partial charge < -0.3 is 19.8 Å². The lowest BCUT2D eigenvalue weighted by Gasteiger charge is -2.59. The SMILES string of the molecule is CC(C)CCC[C@@H](C)[C@H]1CCC2C3CC=C4CC(CC(O)CN(C)C)(OC(=O)CCC(=O)O)CC[C@]4(C)C3CC[C@@]21C. The molecular formula is C36H61NO5. The number of aliphatic carboxylic acids is 1. The van der Waals surface area contributed by atoms with Crippen molar-refractivity contribution in [3.8, 4) is 0 Å². The summed E-state index contributed by atoms with van der Waals surface area (Å²) in [6.07, 6.45) is 14.8. The van der Waals surface area contributed by atoms with Crippen LogP contribution in [0.2, 0.25) is 0 Å². The number of fused-ring (bicyclic) bond motifs is 5. The van der Waals surface area contributed by atoms with Crippen molar-refractivity contribution in [2.75, 3.05) is 20.6 Å². The molecule has 3 saturated carbocycles. The second kappa shape index (κ2) is 13.3. The number of hydrogen-bond donors (Lipinski definition) is 2. The zero-order valence-electron chi connectivity index (χ0n) is 27.8. The molecule has 3 fully saturated rings. The maximum absolute atomic E-state index is 12.8. The van der Waals surface area contributed by atoms with Gasteiger partial charge in [-0.25, -0.2) is 0 Å². The van der Waals surface area contributed by atoms with Crippen LogP contribution >= 0.6 is 0 Å². The minimum Gasteiger partial charge on any atom is -0.481 e. The lowest BCUT2D eigenvalue weighted by Crippen LogP contribution is -2.54. The lowest BCUT2D eigenvalue weighted by molar-refractivity contribution is -0.171. The second-order valence-corrected chi connectivity index (χ2v) is 16.1. The predicted octanol–water partition coefficient (Wildman–Crippen LogP) is 7.49. The first kappa shape index (κ1) is 33.5. The Bertz CT molecular complexity index is 991. The standard InChI is InChI=1S/C36H61NO5/c1-24(2)9-8-10-25(3)29-13-14-30-28-12-11-26-21-36(22-27(38)23-37(6)7,42-33(41)16-15-32(39)40)20-19-34(26,4)31(28)17-18-35(29,30)5/h11,24-25,27-31,38H,8-10,12-23H2,1-7H3,(H,39,40)/t25-,27?,28?,29-,30?,31?,34+,35-,36?/m1/s1. The first-order chi connectivity index (χ1) is 19.7. The molecular weight excluding hydrogens is 526 g/mol. The van der Waals surface area contributed by atoms with Gasteiger partial charge in [0.1, 0.15) is 5.60 Å². The van der Waals surface area contributed by atoms with Crippen LogP contribution in [0.4, 0.5) is 0 Å². The summed E-state index contributed by atoms with van der Waals surface area (Å²) in [6.45, 7) is 12.8. The molecule has 4 rings (SSSR count). The van der Waals surface area contributed by atoms with E-state index in [0.29, 0.717) is 30.7 Å². The van der Waals surface area contributed by atoms with Gasteiger partial charge in [0.05, 0.1) is 18.9 Å². The Balaban J connectivity index is 1.51. The number of allylic oxidation sites excluding steroid dienone is 1. The average Bonchev–Trinajstić information content (AvgIpc) is 3.24. The Hall–Kier alpha value is -1.40. The van der Waals surface area contributed by atoms with Crippen LogP contribution in [0.1, 0.15) is 125 Å². The third-order valence-corrected chi connectivity index (χ3v) is 12.5. The van der Waals surface area contributed by atoms with Gasteiger partial charge in [0.25, 0.3) is 0 Å². The fourth-order valence-corrected chi connectivity index (χ4v) is 10.4. The number of carboxylic acids is 1. The number of carboxylic acid groups (broad SMARTS) is 1. The van der Waals surface area contributed by atoms with Gasteiger partial charge in [0.15, 0.2) is 0 Å². The fraction of sp³-hybridized carbons (Fsp3) is 0.889. The Morgan fingerprint density at radius 1 is 1.02 bits per heavy atom. The van der Waals surface area contributed by atoms with Crippen molar-refractivity contribution >= 4 is 11.9 Å². The number of ether oxygens (including phenoxy) is 1. The molecule has 0 bridgehead atoms. The van der Waals surface area contributed by atoms with E-state index in [2.05, 4.69) is 40.7 Å². The molecule has 0 aromatic rings. The van der Waals surface area contributed by atoms with E-state index in [0.717, 1.165) is 48.9 Å². The quantitative estimate of drug-likeness (QED) is 0.172. The molecule has 4 aliphatic carbocycles. The number of esters is 1. The molecule has 9 atom stereocenters. The Kier molecular flexibility index (Phi) is 10.6. The molecule has 0 aliphatic heterocycles. The molecule has 0 aromatic heterocycles. The molecule has 0 heterocycles. The van der Waals surface area contributed by atoms with Crippen molar-refractivity contribution in [2.45, 2.75) is 136 Å². The number of carbonyl (C=O) groups excluding carboxylic acids is 1. The molecule has 0 aromatic carbocycles. The van der Waals surface area contributed by atoms with Crippen LogP contribution in [-0.4, -0.2) is 59.4 Å². The molecule has 5 unspecified atom stereocenters. The molecule has 6 heteroatoms. The summed E-state index contributed by atoms with van der Waals surface area (Å²) in [4.78, 5) is 25.9. The highest BCUT2D eigenvalue weighted by atomic mass is 16.6. The highest BCUT2D eigenvalue weighted by Gasteiger charge is 2.60. The largest absolute Gasteiger partial charge is 0.481 e. The summed E-state index contributed by atoms with van der Waals surface area (Å²) in [5, 5.41) is 20.1. The molecule has 0 radical (unpaired) electrons. The highest BCUT2D eigenvalue weighted by molar-refractivity contribution is 5.76. The summed E-state index contributed by atoms with van der Waals surface area (Å²) in [5.41, 5.74) is 1.21. The summed E-state index contributed by atoms with van der Waals surface area (Å²) in [5.74, 6) is 3.19. The van der Waals surface area contributed by atoms with E-state index < -0.39 is 23.6 Å². The van der Waals surface area contributed by atoms with E-state index in [1.807, 2.05) is 19.0 Å². The Labute approximate surface area is 256 Å². The molecule has 0 saturated heterocycles. The van der Waals surface area contributed by atoms with E-state index in [1.165, 1.54) is 50.5 Å². The van der Waals surface area contributed by atoms with Gasteiger partial charge >= 0.3 is 11.9 Å². The van der Waals surface area contributed by atoms with Gasteiger partial charge in [-0.2, -0.15) is 0 Å². The van der Waals surface area contributed by atoms with Crippen molar-refractivity contribution in [3.05, 3.63) is 11.6 Å². The van der Waals surface area contributed by atoms with Gasteiger partial charge in [-0.05, 0) is 105 Å². The zero-order chi connectivity index (χ0) is 30.9. The second-order valence-electron chi connectivity index (χ2n) is 16.1. The van der Waals surface area contributed by atoms with Gasteiger partial charge in [-0.1, -0.05) is 65.5 Å². The maximum atomic E-state index is 12.8. The normalized spacial score (nSPS) is 37.4. The zero-order valence-corrected chi connectivity index (χ0v) is 27.8. The van der Waals surface area contributed by atoms with Crippen molar-refractivity contribution in [1.29, 1.82) is 0 Å². The van der Waals surface area contributed by atoms with Gasteiger partial charge in [-0.3, -0.25) is 9.59 Å². The minimum atomic E-state index is -0.991. The number of nitrogens with zero attached hydrogens (tertiary/aromatic N) is 1. The molecule has 4 aliphatic rings. The topological polar surface area (TPSA) is 87.1 Å². The number of aliphatic hydroxyl groups is 1. The number of carbonyl (C=O) groups is 2. The molecule has 240 valence electrons. The highest BCUT2D eigenvalue weighted by Crippen LogP contribution is 2.68. The number of likely N-dealkylation sites (N-methyl/N-ethyl adjacent to an activating group) is 1. The van der Waals surface area contributed by atoms with Crippen LogP contribution in [0.5, 0.6) is 0 Å². The van der Waals surface area contributed by atoms with Crippen molar-refractivity contribution in [3.63, 3.8) is 0 Å². The monoisotopic (exact) mass is 587 g/mol. The summed E-state index contributed by atoms with van der Waals surface area (Å²) >= 11 is 0. The molecule has 42 heavy (non-hydrogen) atoms. The summed E-state index contributed by atoms with van der Waals surface area (Å²) in [7, 11) is 3.88. The van der Waals surface area contributed by atoms with E-state index in [9.17, 15) is 14.7 Å². The van der Waals surface area contributed by atoms with Gasteiger partial charge in [-0.15, -0.1) is 0 Å². The molecule has 6 nitrogen and oxygen atoms in total. The summed E-state index contributed by atoms with van der Waals surface area (Å²) in [6, 6.07) is 0. The number of aliphatic hydroxyl groups excluding tert-OH is 1. The maximum Gasteiger partial charge on any atom is 0.306 e. The number of hydrogen-bond acceptors (Lipinski definition) is 5. The van der Waals surface area contributed by atoms with Crippen LogP contribution in [0.25, 0.3) is 0 Å². The van der Waals surface area contributed by atoms with Crippen molar-refractivity contribution < 1.29 is 24.5 Å². The molecule has 0 spiro atoms. The van der Waals surface area contributed by atoms with Crippen molar-refractivity contribution in [2.24, 2.45) is 46.3 Å². The van der Waals surface area contributed by atoms with E-state index in [-0.39, 0.29) is 18.3 Å². The first-order valence-electron chi connectivity index (χ1n) is 17.1. The van der Waals surface area contributed by atoms with Crippen LogP contribution in [0.15, 0.2) is 11.6 Å². The third kappa shape index (κ3) is 7.11. The van der Waals surface area contributed by atoms with Crippen LogP contribution in [-0.2, 0) is 14.3 Å². The van der Waals surface area contributed by atoms with Gasteiger partial charge in [0.2, 0.25) is 0 Å². The minimum absolute atomic E-state index is 0.106. The summed E-state index contributed by atoms with van der Waals surface area (Å²) < 4.78 is 6.16.